The van der Waals surface area contributed by atoms with Gasteiger partial charge < -0.3 is 8.98 Å². The number of Topliss-reactive ketones (excluding diaryl/α,β-unsaturated/α-hetero) is 1. The monoisotopic (exact) mass is 361 g/mol. The minimum Gasteiger partial charge on any atom is -0.422 e. The third-order valence-electron chi connectivity index (χ3n) is 4.63. The summed E-state index contributed by atoms with van der Waals surface area (Å²) >= 11 is 0. The number of para-hydroxylation sites is 1. The molecule has 0 spiro atoms. The Bertz CT molecular complexity index is 1230. The molecule has 0 saturated heterocycles. The molecule has 4 rings (SSSR count). The molecule has 0 aliphatic heterocycles. The zero-order valence-corrected chi connectivity index (χ0v) is 14.8. The molecule has 4 nitrogen and oxygen atoms in total. The molecule has 0 amide bonds. The average molecular weight is 361 g/mol. The first-order chi connectivity index (χ1) is 13.0. The van der Waals surface area contributed by atoms with Crippen LogP contribution in [0.25, 0.3) is 27.9 Å². The van der Waals surface area contributed by atoms with E-state index in [1.165, 1.54) is 19.1 Å². The molecule has 0 aliphatic carbocycles. The summed E-state index contributed by atoms with van der Waals surface area (Å²) in [4.78, 5) is 24.7. The van der Waals surface area contributed by atoms with Gasteiger partial charge in [0.2, 0.25) is 0 Å². The van der Waals surface area contributed by atoms with Gasteiger partial charge in [-0.2, -0.15) is 0 Å². The first kappa shape index (κ1) is 17.0. The van der Waals surface area contributed by atoms with Crippen molar-refractivity contribution in [2.24, 2.45) is 0 Å². The van der Waals surface area contributed by atoms with Gasteiger partial charge in [0.15, 0.2) is 5.78 Å². The van der Waals surface area contributed by atoms with Crippen LogP contribution in [0.2, 0.25) is 0 Å². The van der Waals surface area contributed by atoms with Crippen molar-refractivity contribution < 1.29 is 13.6 Å². The summed E-state index contributed by atoms with van der Waals surface area (Å²) in [6, 6.07) is 16.6. The number of halogens is 1. The van der Waals surface area contributed by atoms with Crippen LogP contribution in [0.1, 0.15) is 23.0 Å². The second-order valence-electron chi connectivity index (χ2n) is 6.38. The molecule has 2 heterocycles. The Morgan fingerprint density at radius 2 is 1.74 bits per heavy atom. The van der Waals surface area contributed by atoms with E-state index in [0.717, 1.165) is 5.39 Å². The van der Waals surface area contributed by atoms with E-state index in [1.54, 1.807) is 47.9 Å². The van der Waals surface area contributed by atoms with Crippen LogP contribution in [0.15, 0.2) is 69.9 Å². The average Bonchev–Trinajstić information content (AvgIpc) is 2.99. The predicted octanol–water partition coefficient (Wildman–Crippen LogP) is 4.90. The molecule has 4 aromatic rings. The zero-order valence-electron chi connectivity index (χ0n) is 14.8. The van der Waals surface area contributed by atoms with E-state index >= 15 is 0 Å². The van der Waals surface area contributed by atoms with E-state index in [1.807, 2.05) is 12.1 Å². The van der Waals surface area contributed by atoms with Crippen LogP contribution in [0.5, 0.6) is 0 Å². The van der Waals surface area contributed by atoms with E-state index in [9.17, 15) is 14.0 Å². The summed E-state index contributed by atoms with van der Waals surface area (Å²) in [6.45, 7) is 3.27. The predicted molar refractivity (Wildman–Crippen MR) is 102 cm³/mol. The second kappa shape index (κ2) is 6.36. The van der Waals surface area contributed by atoms with Crippen LogP contribution in [-0.4, -0.2) is 10.4 Å². The Morgan fingerprint density at radius 3 is 2.44 bits per heavy atom. The van der Waals surface area contributed by atoms with Crippen LogP contribution >= 0.6 is 0 Å². The lowest BCUT2D eigenvalue weighted by atomic mass is 10.1. The molecule has 0 fully saturated rings. The fourth-order valence-electron chi connectivity index (χ4n) is 3.32. The highest BCUT2D eigenvalue weighted by Gasteiger charge is 2.20. The van der Waals surface area contributed by atoms with Crippen LogP contribution < -0.4 is 5.63 Å². The molecular weight excluding hydrogens is 345 g/mol. The smallest absolute Gasteiger partial charge is 0.345 e. The number of hydrogen-bond donors (Lipinski definition) is 0. The van der Waals surface area contributed by atoms with E-state index in [0.29, 0.717) is 33.8 Å². The maximum Gasteiger partial charge on any atom is 0.345 e. The number of carbonyl (C=O) groups is 1. The van der Waals surface area contributed by atoms with Crippen LogP contribution in [-0.2, 0) is 0 Å². The minimum absolute atomic E-state index is 0.111. The number of nitrogens with zero attached hydrogens (tertiary/aromatic N) is 1. The first-order valence-electron chi connectivity index (χ1n) is 8.48. The van der Waals surface area contributed by atoms with Gasteiger partial charge in [-0.05, 0) is 56.3 Å². The Balaban J connectivity index is 2.04. The molecular formula is C22H16FNO3. The second-order valence-corrected chi connectivity index (χ2v) is 6.38. The van der Waals surface area contributed by atoms with Gasteiger partial charge in [0.25, 0.3) is 0 Å². The summed E-state index contributed by atoms with van der Waals surface area (Å²) in [5.41, 5.74) is 2.71. The number of rotatable bonds is 3. The number of fused-ring (bicyclic) bond motifs is 1. The SMILES string of the molecule is CC(=O)c1cc(-c2cc3ccccc3oc2=O)n(-c2ccc(F)cc2)c1C. The van der Waals surface area contributed by atoms with Gasteiger partial charge >= 0.3 is 5.63 Å². The lowest BCUT2D eigenvalue weighted by molar-refractivity contribution is 0.101. The lowest BCUT2D eigenvalue weighted by Crippen LogP contribution is -2.07. The molecule has 0 atom stereocenters. The normalized spacial score (nSPS) is 11.1. The number of carbonyl (C=O) groups excluding carboxylic acids is 1. The van der Waals surface area contributed by atoms with E-state index in [2.05, 4.69) is 0 Å². The van der Waals surface area contributed by atoms with Gasteiger partial charge in [0.1, 0.15) is 11.4 Å². The molecule has 0 N–H and O–H groups in total. The van der Waals surface area contributed by atoms with Crippen molar-refractivity contribution in [3.8, 4) is 16.9 Å². The van der Waals surface area contributed by atoms with Crippen molar-refractivity contribution in [2.75, 3.05) is 0 Å². The fraction of sp³-hybridized carbons (Fsp3) is 0.0909. The van der Waals surface area contributed by atoms with E-state index < -0.39 is 5.63 Å². The van der Waals surface area contributed by atoms with Crippen molar-refractivity contribution in [2.45, 2.75) is 13.8 Å². The van der Waals surface area contributed by atoms with Gasteiger partial charge in [0, 0.05) is 22.3 Å². The van der Waals surface area contributed by atoms with E-state index in [-0.39, 0.29) is 11.6 Å². The first-order valence-corrected chi connectivity index (χ1v) is 8.48. The quantitative estimate of drug-likeness (QED) is 0.385. The fourth-order valence-corrected chi connectivity index (χ4v) is 3.32. The number of hydrogen-bond acceptors (Lipinski definition) is 3. The molecule has 2 aromatic carbocycles. The third-order valence-corrected chi connectivity index (χ3v) is 4.63. The van der Waals surface area contributed by atoms with Crippen molar-refractivity contribution in [1.82, 2.24) is 4.57 Å². The van der Waals surface area contributed by atoms with Gasteiger partial charge in [-0.1, -0.05) is 18.2 Å². The minimum atomic E-state index is -0.496. The third kappa shape index (κ3) is 2.87. The van der Waals surface area contributed by atoms with Crippen molar-refractivity contribution in [3.05, 3.63) is 88.2 Å². The number of benzene rings is 2. The Morgan fingerprint density at radius 1 is 1.04 bits per heavy atom. The zero-order chi connectivity index (χ0) is 19.1. The Hall–Kier alpha value is -3.47. The number of ketones is 1. The lowest BCUT2D eigenvalue weighted by Gasteiger charge is -2.12. The molecule has 5 heteroatoms. The topological polar surface area (TPSA) is 52.2 Å². The molecule has 2 aromatic heterocycles. The molecule has 27 heavy (non-hydrogen) atoms. The summed E-state index contributed by atoms with van der Waals surface area (Å²) in [5.74, 6) is -0.470. The molecule has 0 radical (unpaired) electrons. The van der Waals surface area contributed by atoms with Gasteiger partial charge in [-0.25, -0.2) is 9.18 Å². The van der Waals surface area contributed by atoms with Gasteiger partial charge in [-0.3, -0.25) is 4.79 Å². The Labute approximate surface area is 154 Å². The van der Waals surface area contributed by atoms with Crippen LogP contribution in [0, 0.1) is 12.7 Å². The largest absolute Gasteiger partial charge is 0.422 e. The number of aromatic nitrogens is 1. The molecule has 0 saturated carbocycles. The van der Waals surface area contributed by atoms with Crippen molar-refractivity contribution in [3.63, 3.8) is 0 Å². The maximum atomic E-state index is 13.4. The van der Waals surface area contributed by atoms with Gasteiger partial charge in [-0.15, -0.1) is 0 Å². The summed E-state index contributed by atoms with van der Waals surface area (Å²) in [5, 5.41) is 0.779. The molecule has 0 aliphatic rings. The molecule has 134 valence electrons. The van der Waals surface area contributed by atoms with Crippen LogP contribution in [0.4, 0.5) is 4.39 Å². The standard InChI is InChI=1S/C22H16FNO3/c1-13-18(14(2)25)12-20(24(13)17-9-7-16(23)8-10-17)19-11-15-5-3-4-6-21(15)27-22(19)26/h3-12H,1-2H3. The molecule has 0 bridgehead atoms. The molecule has 0 unspecified atom stereocenters. The highest BCUT2D eigenvalue weighted by atomic mass is 19.1. The van der Waals surface area contributed by atoms with Crippen LogP contribution in [0.3, 0.4) is 0 Å². The van der Waals surface area contributed by atoms with Crippen molar-refractivity contribution in [1.29, 1.82) is 0 Å². The highest BCUT2D eigenvalue weighted by molar-refractivity contribution is 5.97. The van der Waals surface area contributed by atoms with E-state index in [4.69, 9.17) is 4.42 Å². The summed E-state index contributed by atoms with van der Waals surface area (Å²) in [7, 11) is 0. The van der Waals surface area contributed by atoms with Gasteiger partial charge in [0.05, 0.1) is 11.3 Å². The highest BCUT2D eigenvalue weighted by Crippen LogP contribution is 2.30. The maximum absolute atomic E-state index is 13.4. The summed E-state index contributed by atoms with van der Waals surface area (Å²) in [6.07, 6.45) is 0. The summed E-state index contributed by atoms with van der Waals surface area (Å²) < 4.78 is 20.6. The Kier molecular flexibility index (Phi) is 4.00. The van der Waals surface area contributed by atoms with Crippen molar-refractivity contribution >= 4 is 16.8 Å².